The number of aliphatic hydroxyl groups is 2. The van der Waals surface area contributed by atoms with E-state index in [1.54, 1.807) is 38.3 Å². The van der Waals surface area contributed by atoms with E-state index < -0.39 is 5.60 Å². The molecule has 5 nitrogen and oxygen atoms in total. The third-order valence-electron chi connectivity index (χ3n) is 2.87. The molecule has 1 atom stereocenters. The molecule has 0 fully saturated rings. The van der Waals surface area contributed by atoms with Crippen LogP contribution < -0.4 is 5.32 Å². The molecule has 1 unspecified atom stereocenters. The van der Waals surface area contributed by atoms with Crippen LogP contribution in [0.1, 0.15) is 29.3 Å². The number of methoxy groups -OCH3 is 1. The summed E-state index contributed by atoms with van der Waals surface area (Å²) in [5.41, 5.74) is 0.264. The van der Waals surface area contributed by atoms with Crippen molar-refractivity contribution in [3.8, 4) is 0 Å². The first-order valence-corrected chi connectivity index (χ1v) is 6.18. The van der Waals surface area contributed by atoms with Crippen molar-refractivity contribution in [2.45, 2.75) is 25.6 Å². The molecule has 0 radical (unpaired) electrons. The van der Waals surface area contributed by atoms with Crippen LogP contribution in [0.4, 0.5) is 0 Å². The summed E-state index contributed by atoms with van der Waals surface area (Å²) in [6.07, 6.45) is 0.452. The monoisotopic (exact) mass is 267 g/mol. The summed E-state index contributed by atoms with van der Waals surface area (Å²) in [4.78, 5) is 11.8. The SMILES string of the molecule is COCCC(C)(O)CNC(=O)c1ccc(CO)cc1. The third kappa shape index (κ3) is 5.38. The summed E-state index contributed by atoms with van der Waals surface area (Å²) >= 11 is 0. The molecule has 0 bridgehead atoms. The molecular weight excluding hydrogens is 246 g/mol. The van der Waals surface area contributed by atoms with Gasteiger partial charge in [0.15, 0.2) is 0 Å². The third-order valence-corrected chi connectivity index (χ3v) is 2.87. The molecule has 0 aliphatic rings. The number of amides is 1. The summed E-state index contributed by atoms with van der Waals surface area (Å²) < 4.78 is 4.90. The van der Waals surface area contributed by atoms with E-state index in [0.29, 0.717) is 18.6 Å². The van der Waals surface area contributed by atoms with Crippen LogP contribution in [0.3, 0.4) is 0 Å². The second kappa shape index (κ2) is 7.23. The number of nitrogens with one attached hydrogen (secondary N) is 1. The maximum Gasteiger partial charge on any atom is 0.251 e. The topological polar surface area (TPSA) is 78.8 Å². The van der Waals surface area contributed by atoms with Crippen molar-refractivity contribution in [2.75, 3.05) is 20.3 Å². The van der Waals surface area contributed by atoms with Gasteiger partial charge in [0.2, 0.25) is 0 Å². The number of hydrogen-bond acceptors (Lipinski definition) is 4. The lowest BCUT2D eigenvalue weighted by Crippen LogP contribution is -2.41. The number of rotatable bonds is 7. The molecule has 1 aromatic carbocycles. The molecular formula is C14H21NO4. The standard InChI is InChI=1S/C14H21NO4/c1-14(18,7-8-19-2)10-15-13(17)12-5-3-11(9-16)4-6-12/h3-6,16,18H,7-10H2,1-2H3,(H,15,17). The second-order valence-corrected chi connectivity index (χ2v) is 4.78. The molecule has 0 saturated carbocycles. The lowest BCUT2D eigenvalue weighted by molar-refractivity contribution is 0.0243. The molecule has 0 aromatic heterocycles. The minimum atomic E-state index is -0.989. The smallest absolute Gasteiger partial charge is 0.251 e. The fourth-order valence-corrected chi connectivity index (χ4v) is 1.54. The van der Waals surface area contributed by atoms with E-state index in [2.05, 4.69) is 5.32 Å². The maximum absolute atomic E-state index is 11.8. The van der Waals surface area contributed by atoms with Crippen molar-refractivity contribution in [1.82, 2.24) is 5.32 Å². The molecule has 0 aliphatic carbocycles. The number of carbonyl (C=O) groups is 1. The average molecular weight is 267 g/mol. The quantitative estimate of drug-likeness (QED) is 0.679. The van der Waals surface area contributed by atoms with Gasteiger partial charge in [0.1, 0.15) is 0 Å². The Morgan fingerprint density at radius 1 is 1.37 bits per heavy atom. The van der Waals surface area contributed by atoms with Gasteiger partial charge < -0.3 is 20.3 Å². The van der Waals surface area contributed by atoms with Crippen LogP contribution in [0, 0.1) is 0 Å². The van der Waals surface area contributed by atoms with Gasteiger partial charge in [-0.2, -0.15) is 0 Å². The minimum Gasteiger partial charge on any atom is -0.392 e. The lowest BCUT2D eigenvalue weighted by atomic mass is 10.0. The van der Waals surface area contributed by atoms with Crippen molar-refractivity contribution in [3.05, 3.63) is 35.4 Å². The van der Waals surface area contributed by atoms with Gasteiger partial charge in [-0.15, -0.1) is 0 Å². The first-order chi connectivity index (χ1) is 8.98. The van der Waals surface area contributed by atoms with E-state index in [1.807, 2.05) is 0 Å². The van der Waals surface area contributed by atoms with Crippen LogP contribution in [0.5, 0.6) is 0 Å². The Morgan fingerprint density at radius 2 is 2.00 bits per heavy atom. The molecule has 0 heterocycles. The number of carbonyl (C=O) groups excluding carboxylic acids is 1. The second-order valence-electron chi connectivity index (χ2n) is 4.78. The normalized spacial score (nSPS) is 13.9. The number of benzene rings is 1. The molecule has 0 aliphatic heterocycles. The van der Waals surface area contributed by atoms with E-state index in [9.17, 15) is 9.90 Å². The van der Waals surface area contributed by atoms with Crippen LogP contribution in [-0.4, -0.2) is 42.0 Å². The van der Waals surface area contributed by atoms with Gasteiger partial charge in [-0.05, 0) is 24.6 Å². The van der Waals surface area contributed by atoms with Crippen LogP contribution in [0.2, 0.25) is 0 Å². The summed E-state index contributed by atoms with van der Waals surface area (Å²) in [5.74, 6) is -0.248. The zero-order valence-corrected chi connectivity index (χ0v) is 11.3. The maximum atomic E-state index is 11.8. The molecule has 1 amide bonds. The molecule has 19 heavy (non-hydrogen) atoms. The number of aliphatic hydroxyl groups excluding tert-OH is 1. The van der Waals surface area contributed by atoms with Gasteiger partial charge in [0, 0.05) is 32.2 Å². The van der Waals surface area contributed by atoms with Crippen molar-refractivity contribution in [3.63, 3.8) is 0 Å². The first kappa shape index (κ1) is 15.6. The molecule has 5 heteroatoms. The highest BCUT2D eigenvalue weighted by atomic mass is 16.5. The average Bonchev–Trinajstić information content (AvgIpc) is 2.43. The van der Waals surface area contributed by atoms with Crippen molar-refractivity contribution in [1.29, 1.82) is 0 Å². The molecule has 3 N–H and O–H groups in total. The largest absolute Gasteiger partial charge is 0.392 e. The van der Waals surface area contributed by atoms with E-state index in [1.165, 1.54) is 0 Å². The van der Waals surface area contributed by atoms with Gasteiger partial charge in [0.05, 0.1) is 12.2 Å². The van der Waals surface area contributed by atoms with Gasteiger partial charge in [-0.1, -0.05) is 12.1 Å². The van der Waals surface area contributed by atoms with Gasteiger partial charge in [-0.3, -0.25) is 4.79 Å². The van der Waals surface area contributed by atoms with Crippen molar-refractivity contribution >= 4 is 5.91 Å². The zero-order valence-electron chi connectivity index (χ0n) is 11.3. The van der Waals surface area contributed by atoms with Crippen molar-refractivity contribution < 1.29 is 19.7 Å². The molecule has 1 aromatic rings. The first-order valence-electron chi connectivity index (χ1n) is 6.18. The Kier molecular flexibility index (Phi) is 5.95. The predicted octanol–water partition coefficient (Wildman–Crippen LogP) is 0.696. The Labute approximate surface area is 113 Å². The zero-order chi connectivity index (χ0) is 14.3. The molecule has 0 saturated heterocycles. The lowest BCUT2D eigenvalue weighted by Gasteiger charge is -2.23. The fourth-order valence-electron chi connectivity index (χ4n) is 1.54. The van der Waals surface area contributed by atoms with Gasteiger partial charge in [-0.25, -0.2) is 0 Å². The Balaban J connectivity index is 2.50. The number of ether oxygens (including phenoxy) is 1. The molecule has 106 valence electrons. The molecule has 1 rings (SSSR count). The Hall–Kier alpha value is -1.43. The Bertz CT molecular complexity index is 400. The fraction of sp³-hybridized carbons (Fsp3) is 0.500. The highest BCUT2D eigenvalue weighted by molar-refractivity contribution is 5.94. The van der Waals surface area contributed by atoms with Crippen LogP contribution >= 0.6 is 0 Å². The van der Waals surface area contributed by atoms with E-state index in [0.717, 1.165) is 5.56 Å². The van der Waals surface area contributed by atoms with Gasteiger partial charge >= 0.3 is 0 Å². The summed E-state index contributed by atoms with van der Waals surface area (Å²) in [6, 6.07) is 6.67. The Morgan fingerprint density at radius 3 is 2.53 bits per heavy atom. The van der Waals surface area contributed by atoms with E-state index >= 15 is 0 Å². The van der Waals surface area contributed by atoms with Crippen LogP contribution in [0.15, 0.2) is 24.3 Å². The minimum absolute atomic E-state index is 0.0480. The van der Waals surface area contributed by atoms with Crippen LogP contribution in [-0.2, 0) is 11.3 Å². The molecule has 0 spiro atoms. The summed E-state index contributed by atoms with van der Waals surface area (Å²) in [5, 5.41) is 21.6. The summed E-state index contributed by atoms with van der Waals surface area (Å²) in [7, 11) is 1.57. The highest BCUT2D eigenvalue weighted by Crippen LogP contribution is 2.09. The number of hydrogen-bond donors (Lipinski definition) is 3. The summed E-state index contributed by atoms with van der Waals surface area (Å²) in [6.45, 7) is 2.21. The van der Waals surface area contributed by atoms with E-state index in [-0.39, 0.29) is 19.1 Å². The van der Waals surface area contributed by atoms with E-state index in [4.69, 9.17) is 9.84 Å². The highest BCUT2D eigenvalue weighted by Gasteiger charge is 2.21. The van der Waals surface area contributed by atoms with Crippen molar-refractivity contribution in [2.24, 2.45) is 0 Å². The van der Waals surface area contributed by atoms with Crippen LogP contribution in [0.25, 0.3) is 0 Å². The predicted molar refractivity (Wildman–Crippen MR) is 71.8 cm³/mol. The van der Waals surface area contributed by atoms with Gasteiger partial charge in [0.25, 0.3) is 5.91 Å².